The Kier molecular flexibility index (Phi) is 4.45. The Morgan fingerprint density at radius 3 is 2.75 bits per heavy atom. The highest BCUT2D eigenvalue weighted by Gasteiger charge is 2.14. The van der Waals surface area contributed by atoms with Gasteiger partial charge in [0.25, 0.3) is 0 Å². The van der Waals surface area contributed by atoms with Gasteiger partial charge in [-0.3, -0.25) is 4.68 Å². The van der Waals surface area contributed by atoms with Gasteiger partial charge in [-0.2, -0.15) is 5.10 Å². The van der Waals surface area contributed by atoms with Crippen LogP contribution in [0.25, 0.3) is 0 Å². The first-order valence-corrected chi connectivity index (χ1v) is 6.97. The quantitative estimate of drug-likeness (QED) is 0.927. The number of ether oxygens (including phenoxy) is 1. The zero-order chi connectivity index (χ0) is 14.9. The van der Waals surface area contributed by atoms with Gasteiger partial charge in [0.15, 0.2) is 0 Å². The van der Waals surface area contributed by atoms with Crippen molar-refractivity contribution in [3.05, 3.63) is 45.4 Å². The summed E-state index contributed by atoms with van der Waals surface area (Å²) in [6, 6.07) is 4.11. The van der Waals surface area contributed by atoms with Crippen LogP contribution in [0.2, 0.25) is 0 Å². The minimum absolute atomic E-state index is 0.237. The third kappa shape index (κ3) is 3.02. The van der Waals surface area contributed by atoms with Crippen LogP contribution in [0.1, 0.15) is 30.0 Å². The van der Waals surface area contributed by atoms with E-state index in [0.717, 1.165) is 15.9 Å². The van der Waals surface area contributed by atoms with E-state index in [0.29, 0.717) is 11.3 Å². The second kappa shape index (κ2) is 5.93. The first-order chi connectivity index (χ1) is 9.40. The molecule has 2 rings (SSSR count). The summed E-state index contributed by atoms with van der Waals surface area (Å²) < 4.78 is 21.5. The average Bonchev–Trinajstić information content (AvgIpc) is 2.61. The molecule has 0 spiro atoms. The van der Waals surface area contributed by atoms with E-state index in [2.05, 4.69) is 21.0 Å². The molecule has 1 N–H and O–H groups in total. The van der Waals surface area contributed by atoms with Crippen LogP contribution >= 0.6 is 15.9 Å². The number of rotatable bonds is 4. The molecule has 0 radical (unpaired) electrons. The summed E-state index contributed by atoms with van der Waals surface area (Å²) in [4.78, 5) is 0. The molecule has 0 aliphatic carbocycles. The van der Waals surface area contributed by atoms with Crippen molar-refractivity contribution in [2.45, 2.75) is 26.6 Å². The molecule has 0 bridgehead atoms. The normalized spacial score (nSPS) is 12.5. The van der Waals surface area contributed by atoms with Gasteiger partial charge in [0, 0.05) is 18.7 Å². The lowest BCUT2D eigenvalue weighted by Crippen LogP contribution is -2.06. The van der Waals surface area contributed by atoms with Gasteiger partial charge >= 0.3 is 0 Å². The van der Waals surface area contributed by atoms with Crippen molar-refractivity contribution in [2.75, 3.05) is 0 Å². The fraction of sp³-hybridized carbons (Fsp3) is 0.357. The molecule has 0 saturated heterocycles. The molecule has 4 nitrogen and oxygen atoms in total. The summed E-state index contributed by atoms with van der Waals surface area (Å²) in [6.45, 7) is 3.74. The van der Waals surface area contributed by atoms with Gasteiger partial charge < -0.3 is 9.84 Å². The average molecular weight is 343 g/mol. The van der Waals surface area contributed by atoms with Gasteiger partial charge in [0.2, 0.25) is 0 Å². The fourth-order valence-electron chi connectivity index (χ4n) is 1.96. The van der Waals surface area contributed by atoms with Crippen molar-refractivity contribution in [1.82, 2.24) is 9.78 Å². The van der Waals surface area contributed by atoms with Gasteiger partial charge in [-0.05, 0) is 41.9 Å². The molecule has 0 fully saturated rings. The van der Waals surface area contributed by atoms with Crippen LogP contribution in [-0.2, 0) is 13.7 Å². The van der Waals surface area contributed by atoms with E-state index < -0.39 is 11.9 Å². The molecule has 1 atom stereocenters. The summed E-state index contributed by atoms with van der Waals surface area (Å²) in [6.07, 6.45) is -0.720. The van der Waals surface area contributed by atoms with Crippen molar-refractivity contribution >= 4 is 15.9 Å². The summed E-state index contributed by atoms with van der Waals surface area (Å²) in [5.41, 5.74) is 2.27. The number of hydrogen-bond donors (Lipinski definition) is 1. The topological polar surface area (TPSA) is 47.3 Å². The zero-order valence-corrected chi connectivity index (χ0v) is 13.1. The number of nitrogens with zero attached hydrogens (tertiary/aromatic N) is 2. The molecule has 1 heterocycles. The highest BCUT2D eigenvalue weighted by atomic mass is 79.9. The van der Waals surface area contributed by atoms with Crippen molar-refractivity contribution < 1.29 is 14.2 Å². The van der Waals surface area contributed by atoms with E-state index in [1.165, 1.54) is 18.2 Å². The predicted octanol–water partition coefficient (Wildman–Crippen LogP) is 3.26. The summed E-state index contributed by atoms with van der Waals surface area (Å²) >= 11 is 3.45. The van der Waals surface area contributed by atoms with E-state index in [-0.39, 0.29) is 6.61 Å². The van der Waals surface area contributed by atoms with Crippen LogP contribution in [0.3, 0.4) is 0 Å². The maximum atomic E-state index is 13.3. The van der Waals surface area contributed by atoms with E-state index in [9.17, 15) is 9.50 Å². The first kappa shape index (κ1) is 15.0. The molecule has 2 aromatic rings. The molecule has 1 aromatic carbocycles. The number of hydrogen-bond acceptors (Lipinski definition) is 3. The molecule has 0 aliphatic heterocycles. The number of benzene rings is 1. The molecule has 0 saturated carbocycles. The number of aliphatic hydroxyl groups is 1. The van der Waals surface area contributed by atoms with Crippen molar-refractivity contribution in [2.24, 2.45) is 7.05 Å². The Hall–Kier alpha value is -1.40. The lowest BCUT2D eigenvalue weighted by atomic mass is 10.1. The lowest BCUT2D eigenvalue weighted by Gasteiger charge is -2.14. The molecule has 0 aliphatic rings. The highest BCUT2D eigenvalue weighted by Crippen LogP contribution is 2.28. The van der Waals surface area contributed by atoms with Gasteiger partial charge in [-0.25, -0.2) is 4.39 Å². The molecule has 6 heteroatoms. The first-order valence-electron chi connectivity index (χ1n) is 6.18. The molecule has 20 heavy (non-hydrogen) atoms. The van der Waals surface area contributed by atoms with Crippen molar-refractivity contribution in [1.29, 1.82) is 0 Å². The largest absolute Gasteiger partial charge is 0.487 e. The Bertz CT molecular complexity index is 626. The van der Waals surface area contributed by atoms with E-state index in [1.807, 2.05) is 14.0 Å². The van der Waals surface area contributed by atoms with Crippen molar-refractivity contribution in [3.8, 4) is 5.75 Å². The van der Waals surface area contributed by atoms with E-state index in [1.54, 1.807) is 11.6 Å². The standard InChI is InChI=1S/C14H16BrFN2O2/c1-8-14(15)12(18(3)17-8)7-20-13-6-10(16)4-5-11(13)9(2)19/h4-6,9,19H,7H2,1-3H3/t9-/m1/s1. The smallest absolute Gasteiger partial charge is 0.131 e. The maximum Gasteiger partial charge on any atom is 0.131 e. The summed E-state index contributed by atoms with van der Waals surface area (Å²) in [5.74, 6) is -0.0598. The number of halogens is 2. The maximum absolute atomic E-state index is 13.3. The minimum atomic E-state index is -0.720. The van der Waals surface area contributed by atoms with Crippen LogP contribution in [-0.4, -0.2) is 14.9 Å². The summed E-state index contributed by atoms with van der Waals surface area (Å²) in [7, 11) is 1.82. The van der Waals surface area contributed by atoms with E-state index in [4.69, 9.17) is 4.74 Å². The molecular formula is C14H16BrFN2O2. The van der Waals surface area contributed by atoms with Crippen LogP contribution in [0.5, 0.6) is 5.75 Å². The molecule has 108 valence electrons. The second-order valence-electron chi connectivity index (χ2n) is 4.62. The van der Waals surface area contributed by atoms with Crippen LogP contribution < -0.4 is 4.74 Å². The third-order valence-electron chi connectivity index (χ3n) is 3.05. The lowest BCUT2D eigenvalue weighted by molar-refractivity contribution is 0.189. The Morgan fingerprint density at radius 2 is 2.20 bits per heavy atom. The van der Waals surface area contributed by atoms with Crippen molar-refractivity contribution in [3.63, 3.8) is 0 Å². The van der Waals surface area contributed by atoms with Gasteiger partial charge in [-0.15, -0.1) is 0 Å². The second-order valence-corrected chi connectivity index (χ2v) is 5.41. The van der Waals surface area contributed by atoms with Gasteiger partial charge in [0.05, 0.1) is 22.0 Å². The molecule has 0 unspecified atom stereocenters. The third-order valence-corrected chi connectivity index (χ3v) is 4.08. The molecule has 1 aromatic heterocycles. The number of aromatic nitrogens is 2. The van der Waals surface area contributed by atoms with Gasteiger partial charge in [-0.1, -0.05) is 0 Å². The zero-order valence-electron chi connectivity index (χ0n) is 11.5. The predicted molar refractivity (Wildman–Crippen MR) is 77.0 cm³/mol. The monoisotopic (exact) mass is 342 g/mol. The van der Waals surface area contributed by atoms with E-state index >= 15 is 0 Å². The van der Waals surface area contributed by atoms with Crippen LogP contribution in [0.15, 0.2) is 22.7 Å². The fourth-order valence-corrected chi connectivity index (χ4v) is 2.41. The van der Waals surface area contributed by atoms with Crippen LogP contribution in [0, 0.1) is 12.7 Å². The highest BCUT2D eigenvalue weighted by molar-refractivity contribution is 9.10. The Morgan fingerprint density at radius 1 is 1.50 bits per heavy atom. The van der Waals surface area contributed by atoms with Crippen LogP contribution in [0.4, 0.5) is 4.39 Å². The Labute approximate surface area is 125 Å². The number of aliphatic hydroxyl groups excluding tert-OH is 1. The molecule has 0 amide bonds. The summed E-state index contributed by atoms with van der Waals surface area (Å²) in [5, 5.41) is 13.9. The molecular weight excluding hydrogens is 327 g/mol. The number of aryl methyl sites for hydroxylation is 2. The SMILES string of the molecule is Cc1nn(C)c(COc2cc(F)ccc2[C@@H](C)O)c1Br. The Balaban J connectivity index is 2.24. The minimum Gasteiger partial charge on any atom is -0.487 e. The van der Waals surface area contributed by atoms with Gasteiger partial charge in [0.1, 0.15) is 18.2 Å².